The van der Waals surface area contributed by atoms with Crippen LogP contribution in [0.5, 0.6) is 0 Å². The van der Waals surface area contributed by atoms with E-state index in [1.807, 2.05) is 0 Å². The van der Waals surface area contributed by atoms with Crippen LogP contribution >= 0.6 is 0 Å². The number of nitrogens with two attached hydrogens (primary N) is 1. The third kappa shape index (κ3) is 3.20. The monoisotopic (exact) mass is 212 g/mol. The van der Waals surface area contributed by atoms with E-state index in [-0.39, 0.29) is 5.91 Å². The van der Waals surface area contributed by atoms with Crippen LogP contribution in [0.15, 0.2) is 0 Å². The van der Waals surface area contributed by atoms with Crippen molar-refractivity contribution < 1.29 is 4.79 Å². The smallest absolute Gasteiger partial charge is 0.240 e. The summed E-state index contributed by atoms with van der Waals surface area (Å²) in [5, 5.41) is 2.98. The van der Waals surface area contributed by atoms with Gasteiger partial charge < -0.3 is 11.1 Å². The van der Waals surface area contributed by atoms with E-state index in [9.17, 15) is 4.79 Å². The second-order valence-electron chi connectivity index (χ2n) is 5.29. The third-order valence-corrected chi connectivity index (χ3v) is 3.67. The number of hydrogen-bond donors (Lipinski definition) is 2. The maximum atomic E-state index is 11.9. The largest absolute Gasteiger partial charge is 0.354 e. The third-order valence-electron chi connectivity index (χ3n) is 3.67. The number of carbonyl (C=O) groups is 1. The molecule has 1 amide bonds. The van der Waals surface area contributed by atoms with Crippen LogP contribution in [0, 0.1) is 11.8 Å². The van der Waals surface area contributed by atoms with E-state index in [0.29, 0.717) is 11.8 Å². The van der Waals surface area contributed by atoms with E-state index >= 15 is 0 Å². The molecule has 0 aliphatic heterocycles. The summed E-state index contributed by atoms with van der Waals surface area (Å²) in [5.74, 6) is 1.16. The lowest BCUT2D eigenvalue weighted by Gasteiger charge is -2.24. The molecule has 3 heteroatoms. The van der Waals surface area contributed by atoms with Gasteiger partial charge in [-0.2, -0.15) is 0 Å². The van der Waals surface area contributed by atoms with Gasteiger partial charge >= 0.3 is 0 Å². The Morgan fingerprint density at radius 3 is 2.33 bits per heavy atom. The Bertz CT molecular complexity index is 220. The van der Waals surface area contributed by atoms with E-state index in [1.54, 1.807) is 0 Å². The molecule has 0 radical (unpaired) electrons. The van der Waals surface area contributed by atoms with Gasteiger partial charge in [0.1, 0.15) is 0 Å². The van der Waals surface area contributed by atoms with Crippen molar-refractivity contribution in [2.45, 2.75) is 52.0 Å². The van der Waals surface area contributed by atoms with Gasteiger partial charge in [-0.25, -0.2) is 0 Å². The molecule has 0 saturated heterocycles. The molecule has 0 aromatic carbocycles. The minimum Gasteiger partial charge on any atom is -0.354 e. The van der Waals surface area contributed by atoms with E-state index in [1.165, 1.54) is 0 Å². The van der Waals surface area contributed by atoms with Crippen molar-refractivity contribution in [3.05, 3.63) is 0 Å². The first kappa shape index (κ1) is 12.5. The fraction of sp³-hybridized carbons (Fsp3) is 0.917. The number of nitrogens with one attached hydrogen (secondary N) is 1. The topological polar surface area (TPSA) is 55.1 Å². The summed E-state index contributed by atoms with van der Waals surface area (Å²) in [6, 6.07) is 0. The van der Waals surface area contributed by atoms with Gasteiger partial charge in [0, 0.05) is 6.54 Å². The standard InChI is InChI=1S/C12H24N2O/c1-9(2)10(3)8-14-11(15)12(13)6-4-5-7-12/h9-10H,4-8,13H2,1-3H3,(H,14,15). The van der Waals surface area contributed by atoms with E-state index in [4.69, 9.17) is 5.73 Å². The van der Waals surface area contributed by atoms with Crippen LogP contribution in [0.1, 0.15) is 46.5 Å². The van der Waals surface area contributed by atoms with Crippen molar-refractivity contribution in [2.75, 3.05) is 6.54 Å². The summed E-state index contributed by atoms with van der Waals surface area (Å²) in [6.07, 6.45) is 3.86. The SMILES string of the molecule is CC(C)C(C)CNC(=O)C1(N)CCCC1. The van der Waals surface area contributed by atoms with Crippen LogP contribution in [0.4, 0.5) is 0 Å². The predicted octanol–water partition coefficient (Wildman–Crippen LogP) is 1.67. The molecule has 3 nitrogen and oxygen atoms in total. The maximum Gasteiger partial charge on any atom is 0.240 e. The first-order valence-electron chi connectivity index (χ1n) is 6.03. The molecule has 0 aromatic heterocycles. The molecule has 1 fully saturated rings. The molecule has 0 heterocycles. The minimum absolute atomic E-state index is 0.0486. The Balaban J connectivity index is 2.35. The first-order valence-corrected chi connectivity index (χ1v) is 6.03. The molecule has 1 atom stereocenters. The van der Waals surface area contributed by atoms with Crippen molar-refractivity contribution in [2.24, 2.45) is 17.6 Å². The molecule has 1 rings (SSSR count). The highest BCUT2D eigenvalue weighted by molar-refractivity contribution is 5.86. The summed E-state index contributed by atoms with van der Waals surface area (Å²) >= 11 is 0. The van der Waals surface area contributed by atoms with Crippen molar-refractivity contribution >= 4 is 5.91 Å². The lowest BCUT2D eigenvalue weighted by atomic mass is 9.95. The van der Waals surface area contributed by atoms with Gasteiger partial charge in [-0.1, -0.05) is 33.6 Å². The van der Waals surface area contributed by atoms with Crippen LogP contribution in [0.2, 0.25) is 0 Å². The first-order chi connectivity index (χ1) is 6.96. The Morgan fingerprint density at radius 1 is 1.33 bits per heavy atom. The summed E-state index contributed by atoms with van der Waals surface area (Å²) in [6.45, 7) is 7.24. The highest BCUT2D eigenvalue weighted by atomic mass is 16.2. The molecule has 0 aromatic rings. The molecule has 1 unspecified atom stereocenters. The molecular weight excluding hydrogens is 188 g/mol. The molecule has 0 bridgehead atoms. The summed E-state index contributed by atoms with van der Waals surface area (Å²) in [5.41, 5.74) is 5.48. The van der Waals surface area contributed by atoms with Crippen molar-refractivity contribution in [1.29, 1.82) is 0 Å². The van der Waals surface area contributed by atoms with Gasteiger partial charge in [0.25, 0.3) is 0 Å². The highest BCUT2D eigenvalue weighted by Crippen LogP contribution is 2.27. The molecule has 1 saturated carbocycles. The zero-order chi connectivity index (χ0) is 11.5. The van der Waals surface area contributed by atoms with E-state index in [0.717, 1.165) is 32.2 Å². The molecule has 15 heavy (non-hydrogen) atoms. The zero-order valence-electron chi connectivity index (χ0n) is 10.2. The molecule has 1 aliphatic rings. The number of carbonyl (C=O) groups excluding carboxylic acids is 1. The number of hydrogen-bond acceptors (Lipinski definition) is 2. The van der Waals surface area contributed by atoms with Crippen LogP contribution in [-0.4, -0.2) is 18.0 Å². The summed E-state index contributed by atoms with van der Waals surface area (Å²) in [7, 11) is 0. The summed E-state index contributed by atoms with van der Waals surface area (Å²) < 4.78 is 0. The van der Waals surface area contributed by atoms with Crippen molar-refractivity contribution in [3.8, 4) is 0 Å². The normalized spacial score (nSPS) is 21.7. The van der Waals surface area contributed by atoms with Gasteiger partial charge in [0.2, 0.25) is 5.91 Å². The van der Waals surface area contributed by atoms with Gasteiger partial charge in [-0.15, -0.1) is 0 Å². The van der Waals surface area contributed by atoms with Crippen molar-refractivity contribution in [1.82, 2.24) is 5.32 Å². The fourth-order valence-corrected chi connectivity index (χ4v) is 1.90. The summed E-state index contributed by atoms with van der Waals surface area (Å²) in [4.78, 5) is 11.9. The van der Waals surface area contributed by atoms with Crippen LogP contribution in [-0.2, 0) is 4.79 Å². The van der Waals surface area contributed by atoms with Gasteiger partial charge in [0.15, 0.2) is 0 Å². The average molecular weight is 212 g/mol. The van der Waals surface area contributed by atoms with Crippen molar-refractivity contribution in [3.63, 3.8) is 0 Å². The molecule has 0 spiro atoms. The second-order valence-corrected chi connectivity index (χ2v) is 5.29. The minimum atomic E-state index is -0.573. The van der Waals surface area contributed by atoms with E-state index in [2.05, 4.69) is 26.1 Å². The van der Waals surface area contributed by atoms with Gasteiger partial charge in [-0.3, -0.25) is 4.79 Å². The second kappa shape index (κ2) is 4.97. The Hall–Kier alpha value is -0.570. The lowest BCUT2D eigenvalue weighted by Crippen LogP contribution is -2.52. The van der Waals surface area contributed by atoms with Gasteiger partial charge in [-0.05, 0) is 24.7 Å². The predicted molar refractivity (Wildman–Crippen MR) is 62.4 cm³/mol. The Kier molecular flexibility index (Phi) is 4.14. The number of rotatable bonds is 4. The van der Waals surface area contributed by atoms with Crippen LogP contribution in [0.3, 0.4) is 0 Å². The van der Waals surface area contributed by atoms with Gasteiger partial charge in [0.05, 0.1) is 5.54 Å². The van der Waals surface area contributed by atoms with E-state index < -0.39 is 5.54 Å². The molecule has 88 valence electrons. The number of amides is 1. The van der Waals surface area contributed by atoms with Crippen LogP contribution < -0.4 is 11.1 Å². The Morgan fingerprint density at radius 2 is 1.87 bits per heavy atom. The lowest BCUT2D eigenvalue weighted by molar-refractivity contribution is -0.126. The highest BCUT2D eigenvalue weighted by Gasteiger charge is 2.36. The molecular formula is C12H24N2O. The molecule has 1 aliphatic carbocycles. The maximum absolute atomic E-state index is 11.9. The quantitative estimate of drug-likeness (QED) is 0.744. The Labute approximate surface area is 92.8 Å². The van der Waals surface area contributed by atoms with Crippen LogP contribution in [0.25, 0.3) is 0 Å². The average Bonchev–Trinajstić information content (AvgIpc) is 2.62. The zero-order valence-corrected chi connectivity index (χ0v) is 10.2. The fourth-order valence-electron chi connectivity index (χ4n) is 1.90. The molecule has 3 N–H and O–H groups in total.